The molecule has 4 heteroatoms. The summed E-state index contributed by atoms with van der Waals surface area (Å²) in [5.41, 5.74) is 3.40. The first-order valence-electron chi connectivity index (χ1n) is 8.59. The van der Waals surface area contributed by atoms with Gasteiger partial charge in [0.1, 0.15) is 5.82 Å². The monoisotopic (exact) mass is 357 g/mol. The van der Waals surface area contributed by atoms with Gasteiger partial charge in [-0.25, -0.2) is 9.18 Å². The lowest BCUT2D eigenvalue weighted by Gasteiger charge is -2.18. The summed E-state index contributed by atoms with van der Waals surface area (Å²) in [4.78, 5) is 11.8. The Labute approximate surface area is 156 Å². The molecule has 0 radical (unpaired) electrons. The van der Waals surface area contributed by atoms with E-state index in [2.05, 4.69) is 17.2 Å². The highest BCUT2D eigenvalue weighted by atomic mass is 19.1. The van der Waals surface area contributed by atoms with Gasteiger partial charge in [-0.2, -0.15) is 0 Å². The highest BCUT2D eigenvalue weighted by Crippen LogP contribution is 2.36. The lowest BCUT2D eigenvalue weighted by Crippen LogP contribution is -2.19. The van der Waals surface area contributed by atoms with E-state index in [0.717, 1.165) is 22.3 Å². The minimum absolute atomic E-state index is 0.328. The van der Waals surface area contributed by atoms with Crippen LogP contribution in [-0.4, -0.2) is 6.09 Å². The van der Waals surface area contributed by atoms with Crippen molar-refractivity contribution in [3.63, 3.8) is 0 Å². The number of halogens is 1. The fourth-order valence-corrected chi connectivity index (χ4v) is 3.07. The fraction of sp³-hybridized carbons (Fsp3) is 0.0870. The maximum atomic E-state index is 13.2. The van der Waals surface area contributed by atoms with Crippen LogP contribution < -0.4 is 5.32 Å². The summed E-state index contributed by atoms with van der Waals surface area (Å²) in [6, 6.07) is 23.0. The average Bonchev–Trinajstić information content (AvgIpc) is 3.10. The van der Waals surface area contributed by atoms with Crippen LogP contribution in [-0.2, 0) is 4.74 Å². The van der Waals surface area contributed by atoms with E-state index < -0.39 is 12.2 Å². The zero-order chi connectivity index (χ0) is 18.6. The molecule has 0 unspecified atom stereocenters. The quantitative estimate of drug-likeness (QED) is 0.672. The highest BCUT2D eigenvalue weighted by molar-refractivity contribution is 5.71. The van der Waals surface area contributed by atoms with Crippen molar-refractivity contribution < 1.29 is 13.9 Å². The van der Waals surface area contributed by atoms with E-state index in [0.29, 0.717) is 0 Å². The highest BCUT2D eigenvalue weighted by Gasteiger charge is 2.36. The normalized spacial score (nSPS) is 18.2. The number of hydrogen-bond acceptors (Lipinski definition) is 2. The fourth-order valence-electron chi connectivity index (χ4n) is 3.07. The third-order valence-electron chi connectivity index (χ3n) is 4.38. The molecule has 1 heterocycles. The molecule has 1 amide bonds. The van der Waals surface area contributed by atoms with Crippen molar-refractivity contribution in [2.24, 2.45) is 0 Å². The molecule has 1 saturated heterocycles. The van der Waals surface area contributed by atoms with Crippen molar-refractivity contribution in [1.29, 1.82) is 0 Å². The molecule has 3 aromatic rings. The van der Waals surface area contributed by atoms with Crippen molar-refractivity contribution in [3.8, 4) is 11.8 Å². The maximum Gasteiger partial charge on any atom is 0.408 e. The van der Waals surface area contributed by atoms with Crippen LogP contribution in [0.3, 0.4) is 0 Å². The standard InChI is InChI=1S/C23H16FNO2/c24-20-13-11-18(12-14-20)22-21(25-23(26)27-22)19-8-4-7-17(15-19)10-9-16-5-2-1-3-6-16/h1-8,11-15,21-22H,(H,25,26)/t21-,22-/m1/s1. The van der Waals surface area contributed by atoms with Gasteiger partial charge >= 0.3 is 6.09 Å². The largest absolute Gasteiger partial charge is 0.439 e. The van der Waals surface area contributed by atoms with Gasteiger partial charge < -0.3 is 10.1 Å². The van der Waals surface area contributed by atoms with E-state index in [9.17, 15) is 9.18 Å². The molecule has 132 valence electrons. The average molecular weight is 357 g/mol. The zero-order valence-corrected chi connectivity index (χ0v) is 14.4. The van der Waals surface area contributed by atoms with E-state index in [1.165, 1.54) is 12.1 Å². The lowest BCUT2D eigenvalue weighted by molar-refractivity contribution is 0.132. The first-order chi connectivity index (χ1) is 13.2. The second kappa shape index (κ2) is 7.35. The van der Waals surface area contributed by atoms with Crippen molar-refractivity contribution in [2.45, 2.75) is 12.1 Å². The molecular weight excluding hydrogens is 341 g/mol. The molecule has 0 spiro atoms. The molecule has 0 aromatic heterocycles. The molecule has 3 nitrogen and oxygen atoms in total. The number of carbonyl (C=O) groups is 1. The van der Waals surface area contributed by atoms with Gasteiger partial charge in [0.25, 0.3) is 0 Å². The molecule has 3 aromatic carbocycles. The van der Waals surface area contributed by atoms with Crippen LogP contribution in [0.25, 0.3) is 0 Å². The van der Waals surface area contributed by atoms with Crippen LogP contribution in [0.2, 0.25) is 0 Å². The summed E-state index contributed by atoms with van der Waals surface area (Å²) in [5, 5.41) is 2.83. The predicted molar refractivity (Wildman–Crippen MR) is 100 cm³/mol. The Kier molecular flexibility index (Phi) is 4.59. The third-order valence-corrected chi connectivity index (χ3v) is 4.38. The summed E-state index contributed by atoms with van der Waals surface area (Å²) < 4.78 is 18.6. The number of nitrogens with one attached hydrogen (secondary N) is 1. The third kappa shape index (κ3) is 3.83. The number of amides is 1. The van der Waals surface area contributed by atoms with Crippen LogP contribution in [0, 0.1) is 17.7 Å². The second-order valence-electron chi connectivity index (χ2n) is 6.24. The Morgan fingerprint density at radius 1 is 0.815 bits per heavy atom. The molecule has 4 rings (SSSR count). The van der Waals surface area contributed by atoms with Crippen LogP contribution in [0.4, 0.5) is 9.18 Å². The van der Waals surface area contributed by atoms with E-state index >= 15 is 0 Å². The summed E-state index contributed by atoms with van der Waals surface area (Å²) >= 11 is 0. The summed E-state index contributed by atoms with van der Waals surface area (Å²) in [6.45, 7) is 0. The van der Waals surface area contributed by atoms with Crippen molar-refractivity contribution in [3.05, 3.63) is 107 Å². The Morgan fingerprint density at radius 3 is 2.30 bits per heavy atom. The van der Waals surface area contributed by atoms with Gasteiger partial charge in [0.05, 0.1) is 6.04 Å². The number of ether oxygens (including phenoxy) is 1. The lowest BCUT2D eigenvalue weighted by atomic mass is 9.95. The molecular formula is C23H16FNO2. The molecule has 1 fully saturated rings. The van der Waals surface area contributed by atoms with Crippen LogP contribution in [0.1, 0.15) is 34.4 Å². The molecule has 0 saturated carbocycles. The smallest absolute Gasteiger partial charge is 0.408 e. The molecule has 1 N–H and O–H groups in total. The van der Waals surface area contributed by atoms with Gasteiger partial charge in [0.2, 0.25) is 0 Å². The summed E-state index contributed by atoms with van der Waals surface area (Å²) in [5.74, 6) is 5.94. The Balaban J connectivity index is 1.63. The number of cyclic esters (lactones) is 1. The van der Waals surface area contributed by atoms with Gasteiger partial charge in [0, 0.05) is 11.1 Å². The Morgan fingerprint density at radius 2 is 1.52 bits per heavy atom. The van der Waals surface area contributed by atoms with Gasteiger partial charge in [-0.05, 0) is 47.5 Å². The predicted octanol–water partition coefficient (Wildman–Crippen LogP) is 4.75. The number of hydrogen-bond donors (Lipinski definition) is 1. The van der Waals surface area contributed by atoms with Crippen LogP contribution >= 0.6 is 0 Å². The van der Waals surface area contributed by atoms with Crippen molar-refractivity contribution in [1.82, 2.24) is 5.32 Å². The minimum Gasteiger partial charge on any atom is -0.439 e. The molecule has 1 aliphatic rings. The molecule has 0 bridgehead atoms. The van der Waals surface area contributed by atoms with Gasteiger partial charge in [0.15, 0.2) is 6.10 Å². The molecule has 1 aliphatic heterocycles. The topological polar surface area (TPSA) is 38.3 Å². The first-order valence-corrected chi connectivity index (χ1v) is 8.59. The van der Waals surface area contributed by atoms with Crippen molar-refractivity contribution in [2.75, 3.05) is 0 Å². The minimum atomic E-state index is -0.518. The maximum absolute atomic E-state index is 13.2. The van der Waals surface area contributed by atoms with Gasteiger partial charge in [-0.1, -0.05) is 54.3 Å². The number of carbonyl (C=O) groups excluding carboxylic acids is 1. The number of benzene rings is 3. The molecule has 27 heavy (non-hydrogen) atoms. The number of alkyl carbamates (subject to hydrolysis) is 1. The van der Waals surface area contributed by atoms with Gasteiger partial charge in [-0.3, -0.25) is 0 Å². The van der Waals surface area contributed by atoms with E-state index in [1.807, 2.05) is 54.6 Å². The SMILES string of the molecule is O=C1N[C@H](c2cccc(C#Cc3ccccc3)c2)[C@@H](c2ccc(F)cc2)O1. The Hall–Kier alpha value is -3.58. The van der Waals surface area contributed by atoms with Gasteiger partial charge in [-0.15, -0.1) is 0 Å². The van der Waals surface area contributed by atoms with Crippen LogP contribution in [0.5, 0.6) is 0 Å². The van der Waals surface area contributed by atoms with Crippen molar-refractivity contribution >= 4 is 6.09 Å². The summed E-state index contributed by atoms with van der Waals surface area (Å²) in [6.07, 6.45) is -1.01. The molecule has 0 aliphatic carbocycles. The molecule has 2 atom stereocenters. The van der Waals surface area contributed by atoms with Crippen LogP contribution in [0.15, 0.2) is 78.9 Å². The zero-order valence-electron chi connectivity index (χ0n) is 14.4. The second-order valence-corrected chi connectivity index (χ2v) is 6.24. The number of rotatable bonds is 2. The van der Waals surface area contributed by atoms with E-state index in [4.69, 9.17) is 4.74 Å². The summed E-state index contributed by atoms with van der Waals surface area (Å²) in [7, 11) is 0. The Bertz CT molecular complexity index is 1020. The van der Waals surface area contributed by atoms with E-state index in [1.54, 1.807) is 12.1 Å². The van der Waals surface area contributed by atoms with E-state index in [-0.39, 0.29) is 11.9 Å². The first kappa shape index (κ1) is 16.9.